The van der Waals surface area contributed by atoms with Crippen molar-refractivity contribution < 1.29 is 4.79 Å². The minimum Gasteiger partial charge on any atom is -0.365 e. The van der Waals surface area contributed by atoms with Crippen LogP contribution < -0.4 is 5.32 Å². The predicted octanol–water partition coefficient (Wildman–Crippen LogP) is 4.86. The molecule has 4 aromatic rings. The van der Waals surface area contributed by atoms with Gasteiger partial charge in [-0.3, -0.25) is 4.79 Å². The Balaban J connectivity index is 1.35. The standard InChI is InChI=1S/C25H25N5O/c31-25(30-13-2-1-3-14-30)21-10-6-12-27-24(21)28-16-18-7-4-8-19(15-18)22-17-29-23-20(22)9-5-11-26-23/h4-12,15,17H,1-3,13-14,16H2,(H,26,29)(H,27,28). The van der Waals surface area contributed by atoms with E-state index in [1.54, 1.807) is 12.4 Å². The fraction of sp³-hybridized carbons (Fsp3) is 0.240. The second-order valence-corrected chi connectivity index (χ2v) is 7.91. The molecule has 31 heavy (non-hydrogen) atoms. The molecule has 1 fully saturated rings. The summed E-state index contributed by atoms with van der Waals surface area (Å²) in [5.41, 5.74) is 4.91. The summed E-state index contributed by atoms with van der Waals surface area (Å²) < 4.78 is 0. The van der Waals surface area contributed by atoms with Crippen LogP contribution in [0.2, 0.25) is 0 Å². The number of nitrogens with one attached hydrogen (secondary N) is 2. The van der Waals surface area contributed by atoms with Gasteiger partial charge in [-0.15, -0.1) is 0 Å². The molecule has 6 heteroatoms. The molecule has 5 rings (SSSR count). The number of aromatic amines is 1. The molecule has 0 spiro atoms. The number of H-pyrrole nitrogens is 1. The normalized spacial score (nSPS) is 14.0. The number of amides is 1. The van der Waals surface area contributed by atoms with E-state index in [0.29, 0.717) is 17.9 Å². The van der Waals surface area contributed by atoms with E-state index >= 15 is 0 Å². The Morgan fingerprint density at radius 1 is 1.00 bits per heavy atom. The van der Waals surface area contributed by atoms with Crippen LogP contribution in [-0.2, 0) is 6.54 Å². The lowest BCUT2D eigenvalue weighted by molar-refractivity contribution is 0.0725. The number of anilines is 1. The third-order valence-corrected chi connectivity index (χ3v) is 5.83. The first kappa shape index (κ1) is 19.3. The van der Waals surface area contributed by atoms with E-state index in [1.807, 2.05) is 29.3 Å². The number of piperidine rings is 1. The van der Waals surface area contributed by atoms with Gasteiger partial charge in [0.05, 0.1) is 5.56 Å². The van der Waals surface area contributed by atoms with Crippen LogP contribution in [0.4, 0.5) is 5.82 Å². The Morgan fingerprint density at radius 2 is 1.84 bits per heavy atom. The lowest BCUT2D eigenvalue weighted by Gasteiger charge is -2.27. The van der Waals surface area contributed by atoms with Gasteiger partial charge >= 0.3 is 0 Å². The van der Waals surface area contributed by atoms with E-state index in [9.17, 15) is 4.79 Å². The Labute approximate surface area is 181 Å². The van der Waals surface area contributed by atoms with Crippen molar-refractivity contribution in [2.75, 3.05) is 18.4 Å². The number of fused-ring (bicyclic) bond motifs is 1. The zero-order valence-corrected chi connectivity index (χ0v) is 17.3. The van der Waals surface area contributed by atoms with E-state index < -0.39 is 0 Å². The molecule has 0 aliphatic carbocycles. The summed E-state index contributed by atoms with van der Waals surface area (Å²) in [5, 5.41) is 4.48. The fourth-order valence-electron chi connectivity index (χ4n) is 4.22. The van der Waals surface area contributed by atoms with Gasteiger partial charge in [0.1, 0.15) is 11.5 Å². The van der Waals surface area contributed by atoms with Gasteiger partial charge in [-0.1, -0.05) is 18.2 Å². The maximum absolute atomic E-state index is 13.0. The average molecular weight is 412 g/mol. The molecule has 3 aromatic heterocycles. The second kappa shape index (κ2) is 8.60. The van der Waals surface area contributed by atoms with Crippen LogP contribution in [-0.4, -0.2) is 38.8 Å². The van der Waals surface area contributed by atoms with Gasteiger partial charge in [0.2, 0.25) is 0 Å². The Hall–Kier alpha value is -3.67. The molecule has 2 N–H and O–H groups in total. The summed E-state index contributed by atoms with van der Waals surface area (Å²) in [7, 11) is 0. The van der Waals surface area contributed by atoms with Gasteiger partial charge in [0.25, 0.3) is 5.91 Å². The van der Waals surface area contributed by atoms with E-state index in [4.69, 9.17) is 0 Å². The van der Waals surface area contributed by atoms with Gasteiger partial charge in [-0.2, -0.15) is 0 Å². The molecule has 6 nitrogen and oxygen atoms in total. The molecule has 0 atom stereocenters. The summed E-state index contributed by atoms with van der Waals surface area (Å²) in [4.78, 5) is 27.0. The van der Waals surface area contributed by atoms with Crippen LogP contribution in [0.25, 0.3) is 22.2 Å². The number of likely N-dealkylation sites (tertiary alicyclic amines) is 1. The van der Waals surface area contributed by atoms with E-state index in [0.717, 1.165) is 53.7 Å². The van der Waals surface area contributed by atoms with Crippen LogP contribution >= 0.6 is 0 Å². The summed E-state index contributed by atoms with van der Waals surface area (Å²) in [5.74, 6) is 0.704. The van der Waals surface area contributed by atoms with Crippen molar-refractivity contribution in [1.82, 2.24) is 19.9 Å². The number of hydrogen-bond acceptors (Lipinski definition) is 4. The molecule has 1 aliphatic rings. The van der Waals surface area contributed by atoms with Crippen molar-refractivity contribution >= 4 is 22.8 Å². The summed E-state index contributed by atoms with van der Waals surface area (Å²) in [6, 6.07) is 16.1. The van der Waals surface area contributed by atoms with Crippen LogP contribution in [0.1, 0.15) is 35.2 Å². The lowest BCUT2D eigenvalue weighted by atomic mass is 10.0. The molecule has 0 radical (unpaired) electrons. The number of carbonyl (C=O) groups excluding carboxylic acids is 1. The zero-order chi connectivity index (χ0) is 21.0. The SMILES string of the molecule is O=C(c1cccnc1NCc1cccc(-c2c[nH]c3ncccc23)c1)N1CCCCC1. The maximum Gasteiger partial charge on any atom is 0.257 e. The van der Waals surface area contributed by atoms with Crippen LogP contribution in [0.15, 0.2) is 67.1 Å². The third-order valence-electron chi connectivity index (χ3n) is 5.83. The van der Waals surface area contributed by atoms with Crippen LogP contribution in [0.3, 0.4) is 0 Å². The first-order chi connectivity index (χ1) is 15.3. The zero-order valence-electron chi connectivity index (χ0n) is 17.3. The molecule has 156 valence electrons. The molecule has 1 aromatic carbocycles. The van der Waals surface area contributed by atoms with Gasteiger partial charge in [0.15, 0.2) is 0 Å². The van der Waals surface area contributed by atoms with Gasteiger partial charge in [0, 0.05) is 49.2 Å². The quantitative estimate of drug-likeness (QED) is 0.492. The Bertz CT molecular complexity index is 1210. The predicted molar refractivity (Wildman–Crippen MR) is 123 cm³/mol. The molecular weight excluding hydrogens is 386 g/mol. The smallest absolute Gasteiger partial charge is 0.257 e. The minimum absolute atomic E-state index is 0.0651. The molecule has 1 saturated heterocycles. The van der Waals surface area contributed by atoms with E-state index in [-0.39, 0.29) is 5.91 Å². The molecule has 0 unspecified atom stereocenters. The van der Waals surface area contributed by atoms with Crippen molar-refractivity contribution in [2.24, 2.45) is 0 Å². The van der Waals surface area contributed by atoms with Crippen molar-refractivity contribution in [1.29, 1.82) is 0 Å². The number of hydrogen-bond donors (Lipinski definition) is 2. The number of pyridine rings is 2. The second-order valence-electron chi connectivity index (χ2n) is 7.91. The molecule has 0 saturated carbocycles. The van der Waals surface area contributed by atoms with Crippen molar-refractivity contribution in [3.05, 3.63) is 78.2 Å². The van der Waals surface area contributed by atoms with Gasteiger partial charge < -0.3 is 15.2 Å². The van der Waals surface area contributed by atoms with Crippen molar-refractivity contribution in [2.45, 2.75) is 25.8 Å². The molecule has 0 bridgehead atoms. The Kier molecular flexibility index (Phi) is 5.35. The fourth-order valence-corrected chi connectivity index (χ4v) is 4.22. The van der Waals surface area contributed by atoms with Gasteiger partial charge in [-0.05, 0) is 60.7 Å². The lowest BCUT2D eigenvalue weighted by Crippen LogP contribution is -2.36. The Morgan fingerprint density at radius 3 is 2.74 bits per heavy atom. The summed E-state index contributed by atoms with van der Waals surface area (Å²) >= 11 is 0. The number of benzene rings is 1. The minimum atomic E-state index is 0.0651. The molecule has 1 aliphatic heterocycles. The highest BCUT2D eigenvalue weighted by atomic mass is 16.2. The number of rotatable bonds is 5. The summed E-state index contributed by atoms with van der Waals surface area (Å²) in [6.07, 6.45) is 8.86. The maximum atomic E-state index is 13.0. The number of carbonyl (C=O) groups is 1. The summed E-state index contributed by atoms with van der Waals surface area (Å²) in [6.45, 7) is 2.25. The third kappa shape index (κ3) is 4.01. The van der Waals surface area contributed by atoms with E-state index in [2.05, 4.69) is 50.6 Å². The highest BCUT2D eigenvalue weighted by molar-refractivity contribution is 5.98. The van der Waals surface area contributed by atoms with Crippen LogP contribution in [0.5, 0.6) is 0 Å². The van der Waals surface area contributed by atoms with Crippen molar-refractivity contribution in [3.8, 4) is 11.1 Å². The topological polar surface area (TPSA) is 73.9 Å². The first-order valence-electron chi connectivity index (χ1n) is 10.8. The molecule has 1 amide bonds. The van der Waals surface area contributed by atoms with Crippen LogP contribution in [0, 0.1) is 0 Å². The monoisotopic (exact) mass is 411 g/mol. The van der Waals surface area contributed by atoms with Crippen molar-refractivity contribution in [3.63, 3.8) is 0 Å². The average Bonchev–Trinajstić information content (AvgIpc) is 3.27. The largest absolute Gasteiger partial charge is 0.365 e. The highest BCUT2D eigenvalue weighted by Gasteiger charge is 2.21. The van der Waals surface area contributed by atoms with E-state index in [1.165, 1.54) is 6.42 Å². The van der Waals surface area contributed by atoms with Gasteiger partial charge in [-0.25, -0.2) is 9.97 Å². The molecular formula is C25H25N5O. The number of nitrogens with zero attached hydrogens (tertiary/aromatic N) is 3. The first-order valence-corrected chi connectivity index (χ1v) is 10.8. The highest BCUT2D eigenvalue weighted by Crippen LogP contribution is 2.28. The number of aromatic nitrogens is 3. The molecule has 4 heterocycles.